The fraction of sp³-hybridized carbons (Fsp3) is 0.389. The fourth-order valence-electron chi connectivity index (χ4n) is 1.88. The Hall–Kier alpha value is -2.43. The molecule has 5 heteroatoms. The van der Waals surface area contributed by atoms with E-state index in [0.717, 1.165) is 0 Å². The third kappa shape index (κ3) is 4.77. The maximum absolute atomic E-state index is 12.5. The number of hydrogen-bond acceptors (Lipinski definition) is 5. The Balaban J connectivity index is 3.18. The van der Waals surface area contributed by atoms with Crippen LogP contribution in [-0.2, 0) is 19.1 Å². The summed E-state index contributed by atoms with van der Waals surface area (Å²) in [6.07, 6.45) is 1.19. The highest BCUT2D eigenvalue weighted by Crippen LogP contribution is 2.25. The molecular formula is C18H22O5. The van der Waals surface area contributed by atoms with Gasteiger partial charge < -0.3 is 9.47 Å². The molecule has 0 aliphatic heterocycles. The highest BCUT2D eigenvalue weighted by Gasteiger charge is 2.49. The molecule has 1 aromatic carbocycles. The first-order valence-electron chi connectivity index (χ1n) is 7.26. The number of hydrogen-bond donors (Lipinski definition) is 0. The van der Waals surface area contributed by atoms with Crippen molar-refractivity contribution < 1.29 is 23.9 Å². The zero-order valence-corrected chi connectivity index (χ0v) is 13.9. The van der Waals surface area contributed by atoms with Gasteiger partial charge in [-0.05, 0) is 39.8 Å². The molecule has 0 saturated heterocycles. The normalized spacial score (nSPS) is 13.6. The van der Waals surface area contributed by atoms with Gasteiger partial charge in [0.1, 0.15) is 5.60 Å². The van der Waals surface area contributed by atoms with Crippen LogP contribution in [0, 0.1) is 0 Å². The van der Waals surface area contributed by atoms with Crippen molar-refractivity contribution in [3.05, 3.63) is 48.6 Å². The molecule has 1 aromatic rings. The minimum atomic E-state index is -2.03. The van der Waals surface area contributed by atoms with Gasteiger partial charge in [0.2, 0.25) is 0 Å². The fourth-order valence-corrected chi connectivity index (χ4v) is 1.88. The molecule has 0 heterocycles. The van der Waals surface area contributed by atoms with Crippen LogP contribution in [-0.4, -0.2) is 28.9 Å². The summed E-state index contributed by atoms with van der Waals surface area (Å²) in [6.45, 7) is 9.73. The summed E-state index contributed by atoms with van der Waals surface area (Å²) in [5.41, 5.74) is -2.61. The number of benzene rings is 1. The third-order valence-corrected chi connectivity index (χ3v) is 3.01. The molecule has 23 heavy (non-hydrogen) atoms. The summed E-state index contributed by atoms with van der Waals surface area (Å²) in [6, 6.07) is 8.14. The lowest BCUT2D eigenvalue weighted by molar-refractivity contribution is -0.179. The second kappa shape index (κ2) is 7.22. The van der Waals surface area contributed by atoms with Crippen LogP contribution in [0.5, 0.6) is 0 Å². The van der Waals surface area contributed by atoms with Crippen molar-refractivity contribution >= 4 is 17.7 Å². The van der Waals surface area contributed by atoms with Gasteiger partial charge in [-0.2, -0.15) is 0 Å². The monoisotopic (exact) mass is 318 g/mol. The first kappa shape index (κ1) is 18.6. The van der Waals surface area contributed by atoms with E-state index in [4.69, 9.17) is 9.47 Å². The van der Waals surface area contributed by atoms with Crippen LogP contribution in [0.1, 0.15) is 44.5 Å². The molecule has 0 unspecified atom stereocenters. The van der Waals surface area contributed by atoms with E-state index in [1.807, 2.05) is 0 Å². The number of ketones is 1. The molecule has 0 spiro atoms. The number of ether oxygens (including phenoxy) is 2. The van der Waals surface area contributed by atoms with Crippen molar-refractivity contribution in [2.24, 2.45) is 0 Å². The Morgan fingerprint density at radius 2 is 1.65 bits per heavy atom. The minimum Gasteiger partial charge on any atom is -0.457 e. The third-order valence-electron chi connectivity index (χ3n) is 3.01. The van der Waals surface area contributed by atoms with E-state index in [1.165, 1.54) is 25.1 Å². The topological polar surface area (TPSA) is 69.7 Å². The van der Waals surface area contributed by atoms with Gasteiger partial charge in [-0.3, -0.25) is 4.79 Å². The van der Waals surface area contributed by atoms with E-state index >= 15 is 0 Å². The molecule has 0 radical (unpaired) electrons. The van der Waals surface area contributed by atoms with Crippen LogP contribution >= 0.6 is 0 Å². The summed E-state index contributed by atoms with van der Waals surface area (Å²) in [4.78, 5) is 36.9. The van der Waals surface area contributed by atoms with Gasteiger partial charge in [-0.15, -0.1) is 6.58 Å². The van der Waals surface area contributed by atoms with Gasteiger partial charge in [-0.25, -0.2) is 9.59 Å². The first-order valence-corrected chi connectivity index (χ1v) is 7.26. The van der Waals surface area contributed by atoms with Gasteiger partial charge in [0.05, 0.1) is 5.56 Å². The van der Waals surface area contributed by atoms with Gasteiger partial charge in [0.25, 0.3) is 5.60 Å². The van der Waals surface area contributed by atoms with E-state index in [0.29, 0.717) is 0 Å². The Bertz CT molecular complexity index is 598. The summed E-state index contributed by atoms with van der Waals surface area (Å²) in [5, 5.41) is 0. The number of carbonyl (C=O) groups excluding carboxylic acids is 3. The van der Waals surface area contributed by atoms with E-state index in [9.17, 15) is 14.4 Å². The molecule has 0 aliphatic carbocycles. The van der Waals surface area contributed by atoms with Crippen molar-refractivity contribution in [1.29, 1.82) is 0 Å². The molecule has 1 rings (SSSR count). The van der Waals surface area contributed by atoms with Crippen LogP contribution < -0.4 is 0 Å². The van der Waals surface area contributed by atoms with Crippen molar-refractivity contribution in [3.8, 4) is 0 Å². The minimum absolute atomic E-state index is 0.157. The smallest absolute Gasteiger partial charge is 0.359 e. The van der Waals surface area contributed by atoms with Crippen LogP contribution in [0.2, 0.25) is 0 Å². The van der Waals surface area contributed by atoms with Crippen LogP contribution in [0.25, 0.3) is 0 Å². The summed E-state index contributed by atoms with van der Waals surface area (Å²) in [7, 11) is 0. The van der Waals surface area contributed by atoms with E-state index in [2.05, 4.69) is 6.58 Å². The van der Waals surface area contributed by atoms with Crippen molar-refractivity contribution in [3.63, 3.8) is 0 Å². The van der Waals surface area contributed by atoms with Gasteiger partial charge in [0.15, 0.2) is 5.78 Å². The van der Waals surface area contributed by atoms with E-state index < -0.39 is 28.9 Å². The zero-order valence-electron chi connectivity index (χ0n) is 13.9. The molecule has 1 atom stereocenters. The second-order valence-corrected chi connectivity index (χ2v) is 6.13. The maximum Gasteiger partial charge on any atom is 0.359 e. The highest BCUT2D eigenvalue weighted by molar-refractivity contribution is 6.09. The average Bonchev–Trinajstić information content (AvgIpc) is 2.45. The molecular weight excluding hydrogens is 296 g/mol. The molecule has 5 nitrogen and oxygen atoms in total. The van der Waals surface area contributed by atoms with Crippen LogP contribution in [0.4, 0.5) is 0 Å². The quantitative estimate of drug-likeness (QED) is 0.458. The summed E-state index contributed by atoms with van der Waals surface area (Å²) < 4.78 is 10.6. The van der Waals surface area contributed by atoms with Crippen molar-refractivity contribution in [1.82, 2.24) is 0 Å². The Kier molecular flexibility index (Phi) is 5.85. The van der Waals surface area contributed by atoms with Gasteiger partial charge in [-0.1, -0.05) is 24.3 Å². The lowest BCUT2D eigenvalue weighted by Gasteiger charge is -2.31. The number of esters is 2. The Labute approximate surface area is 136 Å². The lowest BCUT2D eigenvalue weighted by Crippen LogP contribution is -2.52. The summed E-state index contributed by atoms with van der Waals surface area (Å²) >= 11 is 0. The molecule has 0 amide bonds. The SMILES string of the molecule is C=CC[C@@](OC(=O)c1ccccc1)(C(C)=O)C(=O)OC(C)(C)C. The Morgan fingerprint density at radius 3 is 2.09 bits per heavy atom. The standard InChI is InChI=1S/C18H22O5/c1-6-12-18(13(2)19,16(21)23-17(3,4)5)22-15(20)14-10-8-7-9-11-14/h6-11H,1,12H2,2-5H3/t18-/m1/s1. The van der Waals surface area contributed by atoms with Gasteiger partial charge >= 0.3 is 11.9 Å². The molecule has 0 N–H and O–H groups in total. The molecule has 0 aromatic heterocycles. The van der Waals surface area contributed by atoms with Crippen LogP contribution in [0.15, 0.2) is 43.0 Å². The highest BCUT2D eigenvalue weighted by atomic mass is 16.6. The molecule has 0 saturated carbocycles. The predicted octanol–water partition coefficient (Wildman–Crippen LogP) is 3.09. The van der Waals surface area contributed by atoms with E-state index in [1.54, 1.807) is 39.0 Å². The molecule has 124 valence electrons. The first-order chi connectivity index (χ1) is 10.6. The lowest BCUT2D eigenvalue weighted by atomic mass is 9.94. The second-order valence-electron chi connectivity index (χ2n) is 6.13. The number of Topliss-reactive ketones (excluding diaryl/α,β-unsaturated/α-hetero) is 1. The zero-order chi connectivity index (χ0) is 17.7. The number of carbonyl (C=O) groups is 3. The van der Waals surface area contributed by atoms with Crippen molar-refractivity contribution in [2.75, 3.05) is 0 Å². The average molecular weight is 318 g/mol. The molecule has 0 fully saturated rings. The predicted molar refractivity (Wildman–Crippen MR) is 85.9 cm³/mol. The number of rotatable bonds is 6. The summed E-state index contributed by atoms with van der Waals surface area (Å²) in [5.74, 6) is -2.29. The van der Waals surface area contributed by atoms with Crippen molar-refractivity contribution in [2.45, 2.75) is 45.3 Å². The maximum atomic E-state index is 12.5. The van der Waals surface area contributed by atoms with E-state index in [-0.39, 0.29) is 12.0 Å². The largest absolute Gasteiger partial charge is 0.457 e. The molecule has 0 aliphatic rings. The van der Waals surface area contributed by atoms with Gasteiger partial charge in [0, 0.05) is 6.42 Å². The Morgan fingerprint density at radius 1 is 1.09 bits per heavy atom. The molecule has 0 bridgehead atoms. The van der Waals surface area contributed by atoms with Crippen LogP contribution in [0.3, 0.4) is 0 Å².